The molecule has 0 spiro atoms. The third kappa shape index (κ3) is 3.39. The monoisotopic (exact) mass is 263 g/mol. The molecule has 0 radical (unpaired) electrons. The summed E-state index contributed by atoms with van der Waals surface area (Å²) >= 11 is 0. The van der Waals surface area contributed by atoms with Crippen molar-refractivity contribution in [3.8, 4) is 11.5 Å². The Morgan fingerprint density at radius 2 is 1.89 bits per heavy atom. The average molecular weight is 263 g/mol. The molecule has 1 saturated heterocycles. The lowest BCUT2D eigenvalue weighted by Crippen LogP contribution is -2.35. The first-order valence-corrected chi connectivity index (χ1v) is 7.09. The number of piperidine rings is 1. The molecule has 0 amide bonds. The topological polar surface area (TPSA) is 39.7 Å². The fourth-order valence-corrected chi connectivity index (χ4v) is 2.56. The number of fused-ring (bicyclic) bond motifs is 1. The highest BCUT2D eigenvalue weighted by Crippen LogP contribution is 2.30. The molecule has 1 fully saturated rings. The number of rotatable bonds is 4. The lowest BCUT2D eigenvalue weighted by molar-refractivity contribution is -0.00482. The van der Waals surface area contributed by atoms with Crippen molar-refractivity contribution in [2.24, 2.45) is 5.92 Å². The van der Waals surface area contributed by atoms with Crippen molar-refractivity contribution < 1.29 is 14.2 Å². The van der Waals surface area contributed by atoms with Gasteiger partial charge in [0.1, 0.15) is 6.61 Å². The Kier molecular flexibility index (Phi) is 4.20. The smallest absolute Gasteiger partial charge is 0.161 e. The molecule has 2 heterocycles. The van der Waals surface area contributed by atoms with Gasteiger partial charge < -0.3 is 19.5 Å². The third-order valence-corrected chi connectivity index (χ3v) is 3.68. The van der Waals surface area contributed by atoms with E-state index in [4.69, 9.17) is 14.2 Å². The van der Waals surface area contributed by atoms with Crippen LogP contribution in [0.5, 0.6) is 11.5 Å². The Morgan fingerprint density at radius 1 is 1.11 bits per heavy atom. The number of ether oxygens (including phenoxy) is 3. The molecule has 4 heteroatoms. The Bertz CT molecular complexity index is 404. The molecule has 104 valence electrons. The van der Waals surface area contributed by atoms with Gasteiger partial charge in [0.05, 0.1) is 6.61 Å². The highest BCUT2D eigenvalue weighted by atomic mass is 16.6. The van der Waals surface area contributed by atoms with Gasteiger partial charge in [-0.1, -0.05) is 12.1 Å². The zero-order valence-corrected chi connectivity index (χ0v) is 11.1. The van der Waals surface area contributed by atoms with Crippen molar-refractivity contribution in [1.29, 1.82) is 0 Å². The summed E-state index contributed by atoms with van der Waals surface area (Å²) in [6.07, 6.45) is 2.44. The molecule has 1 unspecified atom stereocenters. The minimum absolute atomic E-state index is 0.0108. The minimum Gasteiger partial charge on any atom is -0.486 e. The summed E-state index contributed by atoms with van der Waals surface area (Å²) in [5.41, 5.74) is 0. The van der Waals surface area contributed by atoms with Gasteiger partial charge in [-0.3, -0.25) is 0 Å². The fraction of sp³-hybridized carbons (Fsp3) is 0.600. The molecule has 1 aromatic rings. The van der Waals surface area contributed by atoms with Crippen molar-refractivity contribution in [1.82, 2.24) is 5.32 Å². The van der Waals surface area contributed by atoms with Gasteiger partial charge in [-0.05, 0) is 44.0 Å². The van der Waals surface area contributed by atoms with Crippen molar-refractivity contribution in [2.45, 2.75) is 18.9 Å². The molecule has 2 aliphatic rings. The largest absolute Gasteiger partial charge is 0.486 e. The summed E-state index contributed by atoms with van der Waals surface area (Å²) in [7, 11) is 0. The van der Waals surface area contributed by atoms with E-state index in [-0.39, 0.29) is 6.10 Å². The molecular formula is C15H21NO3. The molecule has 0 aromatic heterocycles. The van der Waals surface area contributed by atoms with Crippen LogP contribution in [0.3, 0.4) is 0 Å². The van der Waals surface area contributed by atoms with Crippen LogP contribution in [0.4, 0.5) is 0 Å². The second kappa shape index (κ2) is 6.26. The second-order valence-corrected chi connectivity index (χ2v) is 5.23. The normalized spacial score (nSPS) is 23.3. The van der Waals surface area contributed by atoms with Crippen LogP contribution in [0, 0.1) is 5.92 Å². The highest BCUT2D eigenvalue weighted by Gasteiger charge is 2.21. The van der Waals surface area contributed by atoms with E-state index in [1.165, 1.54) is 12.8 Å². The third-order valence-electron chi connectivity index (χ3n) is 3.68. The number of hydrogen-bond acceptors (Lipinski definition) is 4. The number of para-hydroxylation sites is 2. The molecule has 19 heavy (non-hydrogen) atoms. The molecule has 0 saturated carbocycles. The lowest BCUT2D eigenvalue weighted by Gasteiger charge is -2.27. The number of nitrogens with one attached hydrogen (secondary N) is 1. The zero-order chi connectivity index (χ0) is 12.9. The molecule has 1 aromatic carbocycles. The van der Waals surface area contributed by atoms with Crippen LogP contribution < -0.4 is 14.8 Å². The van der Waals surface area contributed by atoms with E-state index >= 15 is 0 Å². The molecule has 0 bridgehead atoms. The zero-order valence-electron chi connectivity index (χ0n) is 11.1. The number of hydrogen-bond donors (Lipinski definition) is 1. The minimum atomic E-state index is 0.0108. The molecule has 1 atom stereocenters. The van der Waals surface area contributed by atoms with Gasteiger partial charge in [-0.2, -0.15) is 0 Å². The Morgan fingerprint density at radius 3 is 2.74 bits per heavy atom. The first-order valence-electron chi connectivity index (χ1n) is 7.09. The van der Waals surface area contributed by atoms with Crippen LogP contribution in [0.2, 0.25) is 0 Å². The van der Waals surface area contributed by atoms with E-state index < -0.39 is 0 Å². The van der Waals surface area contributed by atoms with Crippen molar-refractivity contribution >= 4 is 0 Å². The van der Waals surface area contributed by atoms with Gasteiger partial charge in [0.2, 0.25) is 0 Å². The average Bonchev–Trinajstić information content (AvgIpc) is 2.48. The first-order chi connectivity index (χ1) is 9.42. The quantitative estimate of drug-likeness (QED) is 0.900. The van der Waals surface area contributed by atoms with E-state index in [2.05, 4.69) is 5.32 Å². The summed E-state index contributed by atoms with van der Waals surface area (Å²) in [4.78, 5) is 0. The van der Waals surface area contributed by atoms with Crippen LogP contribution >= 0.6 is 0 Å². The second-order valence-electron chi connectivity index (χ2n) is 5.23. The summed E-state index contributed by atoms with van der Waals surface area (Å²) in [5.74, 6) is 2.35. The highest BCUT2D eigenvalue weighted by molar-refractivity contribution is 5.40. The van der Waals surface area contributed by atoms with Crippen LogP contribution in [0.25, 0.3) is 0 Å². The Hall–Kier alpha value is -1.26. The van der Waals surface area contributed by atoms with Crippen LogP contribution in [0.15, 0.2) is 24.3 Å². The fourth-order valence-electron chi connectivity index (χ4n) is 2.56. The van der Waals surface area contributed by atoms with E-state index in [0.717, 1.165) is 31.2 Å². The maximum absolute atomic E-state index is 5.86. The van der Waals surface area contributed by atoms with Crippen LogP contribution in [-0.4, -0.2) is 39.0 Å². The van der Waals surface area contributed by atoms with Crippen LogP contribution in [0.1, 0.15) is 12.8 Å². The maximum Gasteiger partial charge on any atom is 0.161 e. The summed E-state index contributed by atoms with van der Waals surface area (Å²) in [6.45, 7) is 4.25. The van der Waals surface area contributed by atoms with Gasteiger partial charge in [0.15, 0.2) is 17.6 Å². The molecule has 2 aliphatic heterocycles. The van der Waals surface area contributed by atoms with Gasteiger partial charge in [0, 0.05) is 6.61 Å². The summed E-state index contributed by atoms with van der Waals surface area (Å²) in [5, 5.41) is 3.37. The van der Waals surface area contributed by atoms with E-state index in [9.17, 15) is 0 Å². The van der Waals surface area contributed by atoms with E-state index in [1.54, 1.807) is 0 Å². The SMILES string of the molecule is c1ccc2c(c1)OCC(COCC1CCNCC1)O2. The molecule has 4 nitrogen and oxygen atoms in total. The standard InChI is InChI=1S/C15H21NO3/c1-2-4-15-14(3-1)18-11-13(19-15)10-17-9-12-5-7-16-8-6-12/h1-4,12-13,16H,5-11H2. The van der Waals surface area contributed by atoms with Crippen molar-refractivity contribution in [3.63, 3.8) is 0 Å². The summed E-state index contributed by atoms with van der Waals surface area (Å²) < 4.78 is 17.3. The lowest BCUT2D eigenvalue weighted by atomic mass is 9.99. The Labute approximate surface area is 114 Å². The van der Waals surface area contributed by atoms with Gasteiger partial charge >= 0.3 is 0 Å². The van der Waals surface area contributed by atoms with E-state index in [0.29, 0.717) is 19.1 Å². The van der Waals surface area contributed by atoms with Crippen molar-refractivity contribution in [2.75, 3.05) is 32.9 Å². The van der Waals surface area contributed by atoms with Gasteiger partial charge in [-0.25, -0.2) is 0 Å². The predicted octanol–water partition coefficient (Wildman–Crippen LogP) is 1.84. The molecule has 1 N–H and O–H groups in total. The molecular weight excluding hydrogens is 242 g/mol. The van der Waals surface area contributed by atoms with Gasteiger partial charge in [0.25, 0.3) is 0 Å². The first kappa shape index (κ1) is 12.8. The maximum atomic E-state index is 5.86. The molecule has 0 aliphatic carbocycles. The predicted molar refractivity (Wildman–Crippen MR) is 72.8 cm³/mol. The van der Waals surface area contributed by atoms with E-state index in [1.807, 2.05) is 24.3 Å². The van der Waals surface area contributed by atoms with Crippen LogP contribution in [-0.2, 0) is 4.74 Å². The summed E-state index contributed by atoms with van der Waals surface area (Å²) in [6, 6.07) is 7.78. The van der Waals surface area contributed by atoms with Crippen molar-refractivity contribution in [3.05, 3.63) is 24.3 Å². The number of benzene rings is 1. The Balaban J connectivity index is 1.42. The van der Waals surface area contributed by atoms with Gasteiger partial charge in [-0.15, -0.1) is 0 Å². The molecule has 3 rings (SSSR count).